The van der Waals surface area contributed by atoms with Gasteiger partial charge in [0.25, 0.3) is 0 Å². The average molecular weight is 430 g/mol. The smallest absolute Gasteiger partial charge is 0.227 e. The molecule has 172 valence electrons. The summed E-state index contributed by atoms with van der Waals surface area (Å²) in [6, 6.07) is 0.181. The lowest BCUT2D eigenvalue weighted by Gasteiger charge is -2.56. The zero-order valence-corrected chi connectivity index (χ0v) is 19.5. The Bertz CT molecular complexity index is 727. The maximum absolute atomic E-state index is 13.3. The molecular weight excluding hydrogens is 390 g/mol. The molecule has 0 aromatic carbocycles. The first-order valence-corrected chi connectivity index (χ1v) is 12.5. The summed E-state index contributed by atoms with van der Waals surface area (Å²) in [6.07, 6.45) is 9.34. The van der Waals surface area contributed by atoms with Crippen molar-refractivity contribution in [1.82, 2.24) is 15.1 Å². The van der Waals surface area contributed by atoms with E-state index < -0.39 is 0 Å². The summed E-state index contributed by atoms with van der Waals surface area (Å²) in [4.78, 5) is 42.5. The van der Waals surface area contributed by atoms with Crippen LogP contribution in [0.15, 0.2) is 0 Å². The second kappa shape index (κ2) is 7.48. The zero-order chi connectivity index (χ0) is 22.0. The Labute approximate surface area is 186 Å². The van der Waals surface area contributed by atoms with Gasteiger partial charge in [0.1, 0.15) is 0 Å². The predicted molar refractivity (Wildman–Crippen MR) is 118 cm³/mol. The number of hydrogen-bond acceptors (Lipinski definition) is 3. The minimum Gasteiger partial charge on any atom is -0.353 e. The molecule has 0 spiro atoms. The summed E-state index contributed by atoms with van der Waals surface area (Å²) in [7, 11) is 0. The number of nitrogens with zero attached hydrogens (tertiary/aromatic N) is 2. The highest BCUT2D eigenvalue weighted by Gasteiger charge is 2.54. The molecule has 0 aromatic heterocycles. The Hall–Kier alpha value is -1.59. The van der Waals surface area contributed by atoms with Gasteiger partial charge in [0, 0.05) is 43.1 Å². The molecule has 2 aliphatic heterocycles. The van der Waals surface area contributed by atoms with E-state index in [1.165, 1.54) is 19.3 Å². The van der Waals surface area contributed by atoms with Crippen LogP contribution in [0.4, 0.5) is 0 Å². The molecule has 2 heterocycles. The van der Waals surface area contributed by atoms with Crippen molar-refractivity contribution in [1.29, 1.82) is 0 Å². The van der Waals surface area contributed by atoms with Gasteiger partial charge in [-0.05, 0) is 89.9 Å². The largest absolute Gasteiger partial charge is 0.353 e. The Morgan fingerprint density at radius 1 is 0.968 bits per heavy atom. The van der Waals surface area contributed by atoms with Crippen LogP contribution in [0, 0.1) is 29.1 Å². The van der Waals surface area contributed by atoms with Gasteiger partial charge in [0.15, 0.2) is 0 Å². The Morgan fingerprint density at radius 2 is 1.52 bits per heavy atom. The molecule has 6 nitrogen and oxygen atoms in total. The summed E-state index contributed by atoms with van der Waals surface area (Å²) in [5, 5.41) is 3.40. The molecule has 31 heavy (non-hydrogen) atoms. The summed E-state index contributed by atoms with van der Waals surface area (Å²) in [5.41, 5.74) is -0.330. The van der Waals surface area contributed by atoms with Crippen LogP contribution in [-0.2, 0) is 14.4 Å². The molecule has 0 aromatic rings. The second-order valence-corrected chi connectivity index (χ2v) is 12.3. The summed E-state index contributed by atoms with van der Waals surface area (Å²) >= 11 is 0. The van der Waals surface area contributed by atoms with E-state index in [-0.39, 0.29) is 34.7 Å². The lowest BCUT2D eigenvalue weighted by atomic mass is 9.49. The molecule has 2 saturated heterocycles. The fourth-order valence-corrected chi connectivity index (χ4v) is 7.75. The van der Waals surface area contributed by atoms with E-state index in [1.807, 2.05) is 30.6 Å². The van der Waals surface area contributed by atoms with Gasteiger partial charge in [-0.25, -0.2) is 0 Å². The summed E-state index contributed by atoms with van der Waals surface area (Å²) in [5.74, 6) is 2.62. The van der Waals surface area contributed by atoms with Gasteiger partial charge >= 0.3 is 0 Å². The normalized spacial score (nSPS) is 38.1. The van der Waals surface area contributed by atoms with Crippen molar-refractivity contribution in [2.45, 2.75) is 90.1 Å². The van der Waals surface area contributed by atoms with Crippen molar-refractivity contribution in [2.75, 3.05) is 19.6 Å². The lowest BCUT2D eigenvalue weighted by molar-refractivity contribution is -0.147. The van der Waals surface area contributed by atoms with E-state index in [9.17, 15) is 14.4 Å². The molecular formula is C25H39N3O3. The van der Waals surface area contributed by atoms with Gasteiger partial charge in [-0.1, -0.05) is 0 Å². The topological polar surface area (TPSA) is 69.7 Å². The number of carbonyl (C=O) groups is 3. The SMILES string of the molecule is CC(C)(C)N1CC(C(=O)N2CCC(NC(=O)C34CC5CC(CC(C5)C3)C4)CC2)CC1=O. The molecule has 6 aliphatic rings. The van der Waals surface area contributed by atoms with Crippen LogP contribution in [0.2, 0.25) is 0 Å². The molecule has 0 radical (unpaired) electrons. The molecule has 1 N–H and O–H groups in total. The Balaban J connectivity index is 1.13. The minimum atomic E-state index is -0.235. The van der Waals surface area contributed by atoms with Crippen molar-refractivity contribution < 1.29 is 14.4 Å². The van der Waals surface area contributed by atoms with Crippen molar-refractivity contribution >= 4 is 17.7 Å². The molecule has 1 atom stereocenters. The fraction of sp³-hybridized carbons (Fsp3) is 0.880. The second-order valence-electron chi connectivity index (χ2n) is 12.3. The van der Waals surface area contributed by atoms with Crippen molar-refractivity contribution in [3.63, 3.8) is 0 Å². The lowest BCUT2D eigenvalue weighted by Crippen LogP contribution is -2.56. The van der Waals surface area contributed by atoms with Gasteiger partial charge in [-0.15, -0.1) is 0 Å². The number of nitrogens with one attached hydrogen (secondary N) is 1. The van der Waals surface area contributed by atoms with E-state index >= 15 is 0 Å². The number of hydrogen-bond donors (Lipinski definition) is 1. The van der Waals surface area contributed by atoms with E-state index in [0.29, 0.717) is 32.0 Å². The molecule has 4 bridgehead atoms. The molecule has 4 saturated carbocycles. The van der Waals surface area contributed by atoms with E-state index in [1.54, 1.807) is 0 Å². The standard InChI is InChI=1S/C25H39N3O3/c1-24(2,3)28-15-19(11-21(28)29)22(30)27-6-4-20(5-7-27)26-23(31)25-12-16-8-17(13-25)10-18(9-16)14-25/h16-20H,4-15H2,1-3H3,(H,26,31). The molecule has 6 rings (SSSR count). The van der Waals surface area contributed by atoms with Crippen molar-refractivity contribution in [3.8, 4) is 0 Å². The first-order chi connectivity index (χ1) is 14.6. The van der Waals surface area contributed by atoms with E-state index in [0.717, 1.165) is 49.9 Å². The third kappa shape index (κ3) is 3.89. The first-order valence-electron chi connectivity index (χ1n) is 12.5. The molecule has 3 amide bonds. The van der Waals surface area contributed by atoms with Crippen LogP contribution < -0.4 is 5.32 Å². The molecule has 6 heteroatoms. The summed E-state index contributed by atoms with van der Waals surface area (Å²) in [6.45, 7) is 7.97. The van der Waals surface area contributed by atoms with Crippen LogP contribution in [-0.4, -0.2) is 58.7 Å². The maximum Gasteiger partial charge on any atom is 0.227 e. The van der Waals surface area contributed by atoms with Gasteiger partial charge in [-0.2, -0.15) is 0 Å². The number of carbonyl (C=O) groups excluding carboxylic acids is 3. The van der Waals surface area contributed by atoms with Crippen molar-refractivity contribution in [2.24, 2.45) is 29.1 Å². The Kier molecular flexibility index (Phi) is 5.13. The maximum atomic E-state index is 13.3. The number of likely N-dealkylation sites (tertiary alicyclic amines) is 2. The van der Waals surface area contributed by atoms with Crippen molar-refractivity contribution in [3.05, 3.63) is 0 Å². The quantitative estimate of drug-likeness (QED) is 0.750. The molecule has 4 aliphatic carbocycles. The average Bonchev–Trinajstić information content (AvgIpc) is 3.09. The highest BCUT2D eigenvalue weighted by atomic mass is 16.2. The number of amides is 3. The van der Waals surface area contributed by atoms with Crippen LogP contribution in [0.3, 0.4) is 0 Å². The Morgan fingerprint density at radius 3 is 2.00 bits per heavy atom. The predicted octanol–water partition coefficient (Wildman–Crippen LogP) is 2.96. The zero-order valence-electron chi connectivity index (χ0n) is 19.5. The number of rotatable bonds is 3. The minimum absolute atomic E-state index is 0.0866. The molecule has 6 fully saturated rings. The van der Waals surface area contributed by atoms with E-state index in [4.69, 9.17) is 0 Å². The monoisotopic (exact) mass is 429 g/mol. The van der Waals surface area contributed by atoms with Crippen LogP contribution >= 0.6 is 0 Å². The highest BCUT2D eigenvalue weighted by molar-refractivity contribution is 5.89. The highest BCUT2D eigenvalue weighted by Crippen LogP contribution is 2.60. The summed E-state index contributed by atoms with van der Waals surface area (Å²) < 4.78 is 0. The van der Waals surface area contributed by atoms with Gasteiger partial charge in [-0.3, -0.25) is 14.4 Å². The van der Waals surface area contributed by atoms with Crippen LogP contribution in [0.1, 0.15) is 78.6 Å². The van der Waals surface area contributed by atoms with Gasteiger partial charge < -0.3 is 15.1 Å². The van der Waals surface area contributed by atoms with Crippen LogP contribution in [0.25, 0.3) is 0 Å². The third-order valence-corrected chi connectivity index (χ3v) is 8.95. The third-order valence-electron chi connectivity index (χ3n) is 8.95. The fourth-order valence-electron chi connectivity index (χ4n) is 7.75. The van der Waals surface area contributed by atoms with Crippen LogP contribution in [0.5, 0.6) is 0 Å². The van der Waals surface area contributed by atoms with Gasteiger partial charge in [0.2, 0.25) is 17.7 Å². The van der Waals surface area contributed by atoms with Gasteiger partial charge in [0.05, 0.1) is 5.92 Å². The first kappa shape index (κ1) is 21.3. The van der Waals surface area contributed by atoms with E-state index in [2.05, 4.69) is 5.32 Å². The number of piperidine rings is 1. The molecule has 1 unspecified atom stereocenters.